The van der Waals surface area contributed by atoms with Gasteiger partial charge in [-0.1, -0.05) is 17.7 Å². The number of ether oxygens (including phenoxy) is 1. The molecule has 0 radical (unpaired) electrons. The Bertz CT molecular complexity index is 664. The van der Waals surface area contributed by atoms with Crippen molar-refractivity contribution < 1.29 is 9.13 Å². The van der Waals surface area contributed by atoms with Crippen molar-refractivity contribution in [3.05, 3.63) is 62.8 Å². The lowest BCUT2D eigenvalue weighted by molar-refractivity contribution is 0.161. The van der Waals surface area contributed by atoms with Crippen molar-refractivity contribution >= 4 is 27.5 Å². The van der Waals surface area contributed by atoms with Gasteiger partial charge in [-0.2, -0.15) is 0 Å². The summed E-state index contributed by atoms with van der Waals surface area (Å²) in [6.07, 6.45) is 0.419. The lowest BCUT2D eigenvalue weighted by Crippen LogP contribution is -2.24. The van der Waals surface area contributed by atoms with Gasteiger partial charge in [-0.05, 0) is 51.8 Å². The molecular weight excluding hydrogens is 345 g/mol. The first kappa shape index (κ1) is 13.9. The van der Waals surface area contributed by atoms with Crippen LogP contribution in [0.15, 0.2) is 40.9 Å². The summed E-state index contributed by atoms with van der Waals surface area (Å²) in [5, 5.41) is 0.629. The van der Waals surface area contributed by atoms with Gasteiger partial charge in [-0.25, -0.2) is 4.39 Å². The second-order valence-electron chi connectivity index (χ2n) is 4.80. The number of benzene rings is 2. The summed E-state index contributed by atoms with van der Waals surface area (Å²) in [4.78, 5) is 0. The van der Waals surface area contributed by atoms with Crippen molar-refractivity contribution in [3.63, 3.8) is 0 Å². The predicted molar refractivity (Wildman–Crippen MR) is 80.5 cm³/mol. The average Bonchev–Trinajstić information content (AvgIpc) is 2.42. The van der Waals surface area contributed by atoms with Crippen LogP contribution in [0.1, 0.15) is 29.7 Å². The third-order valence-corrected chi connectivity index (χ3v) is 4.66. The fourth-order valence-electron chi connectivity index (χ4n) is 2.39. The van der Waals surface area contributed by atoms with Crippen molar-refractivity contribution in [2.75, 3.05) is 0 Å². The van der Waals surface area contributed by atoms with E-state index < -0.39 is 0 Å². The zero-order valence-corrected chi connectivity index (χ0v) is 12.8. The van der Waals surface area contributed by atoms with E-state index in [0.29, 0.717) is 22.8 Å². The second-order valence-corrected chi connectivity index (χ2v) is 6.07. The molecule has 2 nitrogen and oxygen atoms in total. The zero-order valence-electron chi connectivity index (χ0n) is 10.4. The van der Waals surface area contributed by atoms with Crippen LogP contribution >= 0.6 is 27.5 Å². The maximum absolute atomic E-state index is 13.3. The molecule has 2 atom stereocenters. The number of halogens is 3. The Morgan fingerprint density at radius 1 is 1.25 bits per heavy atom. The van der Waals surface area contributed by atoms with Crippen molar-refractivity contribution in [1.29, 1.82) is 0 Å². The van der Waals surface area contributed by atoms with E-state index >= 15 is 0 Å². The fourth-order valence-corrected chi connectivity index (χ4v) is 2.83. The number of rotatable bonds is 1. The molecule has 1 aliphatic heterocycles. The molecule has 2 aromatic rings. The van der Waals surface area contributed by atoms with E-state index in [-0.39, 0.29) is 18.0 Å². The largest absolute Gasteiger partial charge is 0.485 e. The summed E-state index contributed by atoms with van der Waals surface area (Å²) in [5.41, 5.74) is 7.80. The molecule has 1 unspecified atom stereocenters. The Morgan fingerprint density at radius 2 is 2.05 bits per heavy atom. The highest BCUT2D eigenvalue weighted by Gasteiger charge is 2.27. The molecule has 0 fully saturated rings. The first-order valence-corrected chi connectivity index (χ1v) is 7.38. The molecule has 0 saturated carbocycles. The third-order valence-electron chi connectivity index (χ3n) is 3.42. The minimum absolute atomic E-state index is 0.173. The summed E-state index contributed by atoms with van der Waals surface area (Å²) in [5.74, 6) is 0.335. The summed E-state index contributed by atoms with van der Waals surface area (Å²) < 4.78 is 20.0. The van der Waals surface area contributed by atoms with Gasteiger partial charge in [-0.15, -0.1) is 0 Å². The Hall–Kier alpha value is -1.10. The van der Waals surface area contributed by atoms with Gasteiger partial charge in [0.25, 0.3) is 0 Å². The Balaban J connectivity index is 1.94. The van der Waals surface area contributed by atoms with Gasteiger partial charge in [0.15, 0.2) is 0 Å². The van der Waals surface area contributed by atoms with Crippen molar-refractivity contribution in [3.8, 4) is 5.75 Å². The van der Waals surface area contributed by atoms with Crippen LogP contribution in [0.4, 0.5) is 4.39 Å². The molecule has 0 spiro atoms. The van der Waals surface area contributed by atoms with E-state index in [2.05, 4.69) is 15.9 Å². The molecule has 0 amide bonds. The van der Waals surface area contributed by atoms with Crippen LogP contribution in [0.5, 0.6) is 5.75 Å². The molecule has 1 aliphatic rings. The van der Waals surface area contributed by atoms with E-state index in [9.17, 15) is 4.39 Å². The van der Waals surface area contributed by atoms with Crippen molar-refractivity contribution in [1.82, 2.24) is 0 Å². The van der Waals surface area contributed by atoms with Crippen LogP contribution in [-0.4, -0.2) is 0 Å². The standard InChI is InChI=1S/C15H12BrClFNO/c16-11-3-1-8(5-12(11)17)15-7-13(19)10-6-9(18)2-4-14(10)20-15/h1-6,13,15H,7,19H2/t13-,15?/m1/s1. The fraction of sp³-hybridized carbons (Fsp3) is 0.200. The molecular formula is C15H12BrClFNO. The first-order chi connectivity index (χ1) is 9.54. The maximum Gasteiger partial charge on any atom is 0.126 e. The predicted octanol–water partition coefficient (Wildman–Crippen LogP) is 4.77. The molecule has 0 saturated heterocycles. The van der Waals surface area contributed by atoms with Crippen molar-refractivity contribution in [2.24, 2.45) is 5.73 Å². The lowest BCUT2D eigenvalue weighted by Gasteiger charge is -2.30. The molecule has 0 bridgehead atoms. The van der Waals surface area contributed by atoms with Gasteiger partial charge >= 0.3 is 0 Å². The molecule has 20 heavy (non-hydrogen) atoms. The van der Waals surface area contributed by atoms with Gasteiger partial charge in [0, 0.05) is 22.5 Å². The Kier molecular flexibility index (Phi) is 3.71. The molecule has 0 aromatic heterocycles. The quantitative estimate of drug-likeness (QED) is 0.799. The molecule has 2 aromatic carbocycles. The topological polar surface area (TPSA) is 35.2 Å². The smallest absolute Gasteiger partial charge is 0.126 e. The number of hydrogen-bond acceptors (Lipinski definition) is 2. The van der Waals surface area contributed by atoms with Gasteiger partial charge < -0.3 is 10.5 Å². The SMILES string of the molecule is N[C@@H]1CC(c2ccc(Br)c(Cl)c2)Oc2ccc(F)cc21. The third kappa shape index (κ3) is 2.55. The van der Waals surface area contributed by atoms with E-state index in [4.69, 9.17) is 22.1 Å². The van der Waals surface area contributed by atoms with Crippen LogP contribution in [0, 0.1) is 5.82 Å². The van der Waals surface area contributed by atoms with Gasteiger partial charge in [-0.3, -0.25) is 0 Å². The van der Waals surface area contributed by atoms with Crippen LogP contribution in [-0.2, 0) is 0 Å². The summed E-state index contributed by atoms with van der Waals surface area (Å²) in [6, 6.07) is 9.87. The number of hydrogen-bond donors (Lipinski definition) is 1. The van der Waals surface area contributed by atoms with E-state index in [1.807, 2.05) is 18.2 Å². The zero-order chi connectivity index (χ0) is 14.3. The molecule has 1 heterocycles. The second kappa shape index (κ2) is 5.35. The Labute approximate surface area is 129 Å². The lowest BCUT2D eigenvalue weighted by atomic mass is 9.93. The van der Waals surface area contributed by atoms with E-state index in [1.54, 1.807) is 6.07 Å². The van der Waals surface area contributed by atoms with Crippen LogP contribution in [0.2, 0.25) is 5.02 Å². The Morgan fingerprint density at radius 3 is 2.80 bits per heavy atom. The van der Waals surface area contributed by atoms with E-state index in [1.165, 1.54) is 12.1 Å². The highest BCUT2D eigenvalue weighted by molar-refractivity contribution is 9.10. The highest BCUT2D eigenvalue weighted by Crippen LogP contribution is 2.40. The van der Waals surface area contributed by atoms with Gasteiger partial charge in [0.05, 0.1) is 5.02 Å². The van der Waals surface area contributed by atoms with Gasteiger partial charge in [0.1, 0.15) is 17.7 Å². The maximum atomic E-state index is 13.3. The monoisotopic (exact) mass is 355 g/mol. The molecule has 0 aliphatic carbocycles. The first-order valence-electron chi connectivity index (χ1n) is 6.21. The summed E-state index contributed by atoms with van der Waals surface area (Å²) in [7, 11) is 0. The normalized spacial score (nSPS) is 21.2. The average molecular weight is 357 g/mol. The van der Waals surface area contributed by atoms with Gasteiger partial charge in [0.2, 0.25) is 0 Å². The van der Waals surface area contributed by atoms with Crippen molar-refractivity contribution in [2.45, 2.75) is 18.6 Å². The molecule has 5 heteroatoms. The van der Waals surface area contributed by atoms with Crippen LogP contribution < -0.4 is 10.5 Å². The highest BCUT2D eigenvalue weighted by atomic mass is 79.9. The minimum atomic E-state index is -0.298. The van der Waals surface area contributed by atoms with Crippen LogP contribution in [0.3, 0.4) is 0 Å². The molecule has 2 N–H and O–H groups in total. The van der Waals surface area contributed by atoms with Crippen LogP contribution in [0.25, 0.3) is 0 Å². The molecule has 3 rings (SSSR count). The minimum Gasteiger partial charge on any atom is -0.485 e. The number of nitrogens with two attached hydrogens (primary N) is 1. The summed E-state index contributed by atoms with van der Waals surface area (Å²) in [6.45, 7) is 0. The number of fused-ring (bicyclic) bond motifs is 1. The summed E-state index contributed by atoms with van der Waals surface area (Å²) >= 11 is 9.47. The van der Waals surface area contributed by atoms with E-state index in [0.717, 1.165) is 10.0 Å². The molecule has 104 valence electrons.